The number of benzene rings is 1. The van der Waals surface area contributed by atoms with Gasteiger partial charge in [-0.05, 0) is 57.0 Å². The normalized spacial score (nSPS) is 21.0. The molecule has 0 amide bonds. The average Bonchev–Trinajstić information content (AvgIpc) is 3.15. The first-order valence-electron chi connectivity index (χ1n) is 9.74. The van der Waals surface area contributed by atoms with Crippen molar-refractivity contribution >= 4 is 0 Å². The molecule has 3 rings (SSSR count). The van der Waals surface area contributed by atoms with Crippen LogP contribution in [0.5, 0.6) is 11.5 Å². The Morgan fingerprint density at radius 3 is 2.54 bits per heavy atom. The molecule has 6 nitrogen and oxygen atoms in total. The molecular weight excluding hydrogens is 332 g/mol. The largest absolute Gasteiger partial charge is 0.497 e. The SMILES string of the molecule is COc1ccc(OCC(O)CN2CCC(O)CC2)c(CN2CCCC2)c1. The summed E-state index contributed by atoms with van der Waals surface area (Å²) in [7, 11) is 1.68. The van der Waals surface area contributed by atoms with E-state index in [4.69, 9.17) is 9.47 Å². The summed E-state index contributed by atoms with van der Waals surface area (Å²) in [6.45, 7) is 5.64. The molecule has 2 N–H and O–H groups in total. The molecule has 146 valence electrons. The summed E-state index contributed by atoms with van der Waals surface area (Å²) in [5, 5.41) is 19.9. The second kappa shape index (κ2) is 9.55. The third-order valence-electron chi connectivity index (χ3n) is 5.32. The number of aliphatic hydroxyl groups is 2. The number of hydrogen-bond donors (Lipinski definition) is 2. The summed E-state index contributed by atoms with van der Waals surface area (Å²) in [5.41, 5.74) is 1.11. The maximum absolute atomic E-state index is 10.3. The van der Waals surface area contributed by atoms with Crippen molar-refractivity contribution in [2.45, 2.75) is 44.4 Å². The van der Waals surface area contributed by atoms with Crippen LogP contribution in [0.1, 0.15) is 31.2 Å². The number of aliphatic hydroxyl groups excluding tert-OH is 2. The van der Waals surface area contributed by atoms with Crippen molar-refractivity contribution in [2.24, 2.45) is 0 Å². The molecule has 1 aromatic carbocycles. The van der Waals surface area contributed by atoms with Gasteiger partial charge >= 0.3 is 0 Å². The Labute approximate surface area is 156 Å². The van der Waals surface area contributed by atoms with Crippen molar-refractivity contribution in [1.29, 1.82) is 0 Å². The predicted octanol–water partition coefficient (Wildman–Crippen LogP) is 1.49. The van der Waals surface area contributed by atoms with Gasteiger partial charge < -0.3 is 24.6 Å². The lowest BCUT2D eigenvalue weighted by molar-refractivity contribution is 0.0335. The topological polar surface area (TPSA) is 65.4 Å². The number of likely N-dealkylation sites (tertiary alicyclic amines) is 2. The fourth-order valence-corrected chi connectivity index (χ4v) is 3.77. The van der Waals surface area contributed by atoms with Crippen LogP contribution in [0.2, 0.25) is 0 Å². The molecule has 2 aliphatic rings. The van der Waals surface area contributed by atoms with E-state index >= 15 is 0 Å². The Balaban J connectivity index is 1.54. The maximum Gasteiger partial charge on any atom is 0.124 e. The molecule has 2 heterocycles. The molecule has 2 fully saturated rings. The first-order chi connectivity index (χ1) is 12.6. The first-order valence-corrected chi connectivity index (χ1v) is 9.74. The van der Waals surface area contributed by atoms with Crippen LogP contribution < -0.4 is 9.47 Å². The standard InChI is InChI=1S/C20H32N2O4/c1-25-19-4-5-20(16(12-19)13-21-8-2-3-9-21)26-15-18(24)14-22-10-6-17(23)7-11-22/h4-5,12,17-18,23-24H,2-3,6-11,13-15H2,1H3. The maximum atomic E-state index is 10.3. The van der Waals surface area contributed by atoms with Gasteiger partial charge in [0.25, 0.3) is 0 Å². The van der Waals surface area contributed by atoms with E-state index in [0.29, 0.717) is 6.54 Å². The highest BCUT2D eigenvalue weighted by Gasteiger charge is 2.20. The lowest BCUT2D eigenvalue weighted by Crippen LogP contribution is -2.41. The third-order valence-corrected chi connectivity index (χ3v) is 5.32. The molecule has 0 saturated carbocycles. The Morgan fingerprint density at radius 1 is 1.12 bits per heavy atom. The third kappa shape index (κ3) is 5.58. The van der Waals surface area contributed by atoms with Crippen LogP contribution in [0.25, 0.3) is 0 Å². The molecule has 0 bridgehead atoms. The van der Waals surface area contributed by atoms with Crippen LogP contribution in [-0.4, -0.2) is 78.7 Å². The molecule has 2 saturated heterocycles. The fraction of sp³-hybridized carbons (Fsp3) is 0.700. The van der Waals surface area contributed by atoms with Crippen LogP contribution >= 0.6 is 0 Å². The number of methoxy groups -OCH3 is 1. The number of rotatable bonds is 8. The number of nitrogens with zero attached hydrogens (tertiary/aromatic N) is 2. The quantitative estimate of drug-likeness (QED) is 0.729. The van der Waals surface area contributed by atoms with Crippen LogP contribution in [0.3, 0.4) is 0 Å². The molecule has 6 heteroatoms. The average molecular weight is 364 g/mol. The lowest BCUT2D eigenvalue weighted by atomic mass is 10.1. The van der Waals surface area contributed by atoms with Gasteiger partial charge in [0.1, 0.15) is 24.2 Å². The highest BCUT2D eigenvalue weighted by molar-refractivity contribution is 5.40. The van der Waals surface area contributed by atoms with Gasteiger partial charge in [0.15, 0.2) is 0 Å². The van der Waals surface area contributed by atoms with Crippen LogP contribution in [0.15, 0.2) is 18.2 Å². The van der Waals surface area contributed by atoms with Gasteiger partial charge in [0.05, 0.1) is 13.2 Å². The van der Waals surface area contributed by atoms with Gasteiger partial charge in [-0.3, -0.25) is 4.90 Å². The summed E-state index contributed by atoms with van der Waals surface area (Å²) in [5.74, 6) is 1.66. The number of hydrogen-bond acceptors (Lipinski definition) is 6. The van der Waals surface area contributed by atoms with E-state index in [1.54, 1.807) is 7.11 Å². The Kier molecular flexibility index (Phi) is 7.14. The molecule has 26 heavy (non-hydrogen) atoms. The molecule has 2 aliphatic heterocycles. The van der Waals surface area contributed by atoms with E-state index in [1.165, 1.54) is 12.8 Å². The minimum Gasteiger partial charge on any atom is -0.497 e. The zero-order valence-electron chi connectivity index (χ0n) is 15.8. The highest BCUT2D eigenvalue weighted by Crippen LogP contribution is 2.27. The first kappa shape index (κ1) is 19.4. The second-order valence-corrected chi connectivity index (χ2v) is 7.45. The van der Waals surface area contributed by atoms with Crippen molar-refractivity contribution in [3.8, 4) is 11.5 Å². The molecule has 0 aromatic heterocycles. The molecule has 1 atom stereocenters. The van der Waals surface area contributed by atoms with Crippen LogP contribution in [0, 0.1) is 0 Å². The van der Waals surface area contributed by atoms with Gasteiger partial charge in [0.2, 0.25) is 0 Å². The van der Waals surface area contributed by atoms with Gasteiger partial charge in [0, 0.05) is 31.7 Å². The zero-order valence-corrected chi connectivity index (χ0v) is 15.8. The van der Waals surface area contributed by atoms with Crippen molar-refractivity contribution in [1.82, 2.24) is 9.80 Å². The van der Waals surface area contributed by atoms with Gasteiger partial charge in [-0.15, -0.1) is 0 Å². The number of ether oxygens (including phenoxy) is 2. The highest BCUT2D eigenvalue weighted by atomic mass is 16.5. The summed E-state index contributed by atoms with van der Waals surface area (Å²) in [6.07, 6.45) is 3.35. The smallest absolute Gasteiger partial charge is 0.124 e. The van der Waals surface area contributed by atoms with Crippen molar-refractivity contribution in [3.05, 3.63) is 23.8 Å². The summed E-state index contributed by atoms with van der Waals surface area (Å²) >= 11 is 0. The Hall–Kier alpha value is -1.34. The Morgan fingerprint density at radius 2 is 1.85 bits per heavy atom. The fourth-order valence-electron chi connectivity index (χ4n) is 3.77. The van der Waals surface area contributed by atoms with Crippen molar-refractivity contribution < 1.29 is 19.7 Å². The van der Waals surface area contributed by atoms with Crippen molar-refractivity contribution in [2.75, 3.05) is 46.4 Å². The van der Waals surface area contributed by atoms with E-state index in [2.05, 4.69) is 9.80 Å². The monoisotopic (exact) mass is 364 g/mol. The molecule has 0 spiro atoms. The zero-order chi connectivity index (χ0) is 18.4. The molecule has 0 radical (unpaired) electrons. The molecular formula is C20H32N2O4. The van der Waals surface area contributed by atoms with E-state index in [9.17, 15) is 10.2 Å². The Bertz CT molecular complexity index is 555. The summed E-state index contributed by atoms with van der Waals surface area (Å²) < 4.78 is 11.3. The van der Waals surface area contributed by atoms with Gasteiger partial charge in [-0.25, -0.2) is 0 Å². The van der Waals surface area contributed by atoms with Crippen LogP contribution in [0.4, 0.5) is 0 Å². The molecule has 1 unspecified atom stereocenters. The van der Waals surface area contributed by atoms with Crippen molar-refractivity contribution in [3.63, 3.8) is 0 Å². The minimum atomic E-state index is -0.535. The summed E-state index contributed by atoms with van der Waals surface area (Å²) in [6, 6.07) is 5.88. The number of β-amino-alcohol motifs (C(OH)–C–C–N with tert-alkyl or cyclic N) is 1. The lowest BCUT2D eigenvalue weighted by Gasteiger charge is -2.31. The van der Waals surface area contributed by atoms with E-state index in [0.717, 1.165) is 62.6 Å². The van der Waals surface area contributed by atoms with Gasteiger partial charge in [-0.2, -0.15) is 0 Å². The predicted molar refractivity (Wildman–Crippen MR) is 101 cm³/mol. The number of piperidine rings is 1. The van der Waals surface area contributed by atoms with Crippen LogP contribution in [-0.2, 0) is 6.54 Å². The van der Waals surface area contributed by atoms with E-state index in [-0.39, 0.29) is 12.7 Å². The summed E-state index contributed by atoms with van der Waals surface area (Å²) in [4.78, 5) is 4.62. The second-order valence-electron chi connectivity index (χ2n) is 7.45. The van der Waals surface area contributed by atoms with Gasteiger partial charge in [-0.1, -0.05) is 0 Å². The molecule has 0 aliphatic carbocycles. The van der Waals surface area contributed by atoms with E-state index < -0.39 is 6.10 Å². The van der Waals surface area contributed by atoms with E-state index in [1.807, 2.05) is 18.2 Å². The minimum absolute atomic E-state index is 0.188. The molecule has 1 aromatic rings.